The van der Waals surface area contributed by atoms with Gasteiger partial charge in [0.1, 0.15) is 11.6 Å². The number of fused-ring (bicyclic) bond motifs is 1. The average molecular weight is 307 g/mol. The van der Waals surface area contributed by atoms with Gasteiger partial charge in [0, 0.05) is 17.3 Å². The van der Waals surface area contributed by atoms with E-state index in [-0.39, 0.29) is 18.3 Å². The topological polar surface area (TPSA) is 50.4 Å². The van der Waals surface area contributed by atoms with Crippen molar-refractivity contribution in [1.29, 1.82) is 0 Å². The molecule has 0 saturated heterocycles. The summed E-state index contributed by atoms with van der Waals surface area (Å²) in [6.45, 7) is 0.484. The van der Waals surface area contributed by atoms with Crippen LogP contribution >= 0.6 is 11.6 Å². The molecule has 0 unspecified atom stereocenters. The van der Waals surface area contributed by atoms with E-state index in [2.05, 4.69) is 10.6 Å². The van der Waals surface area contributed by atoms with Crippen molar-refractivity contribution in [3.05, 3.63) is 52.8 Å². The van der Waals surface area contributed by atoms with Crippen LogP contribution in [-0.4, -0.2) is 12.5 Å². The third kappa shape index (κ3) is 3.08. The summed E-state index contributed by atoms with van der Waals surface area (Å²) in [6, 6.07) is 9.68. The molecule has 1 aliphatic heterocycles. The van der Waals surface area contributed by atoms with Crippen LogP contribution in [0.4, 0.5) is 15.8 Å². The number of benzene rings is 2. The lowest BCUT2D eigenvalue weighted by molar-refractivity contribution is -0.118. The lowest BCUT2D eigenvalue weighted by Crippen LogP contribution is -2.25. The first-order valence-corrected chi connectivity index (χ1v) is 6.74. The van der Waals surface area contributed by atoms with Gasteiger partial charge in [0.15, 0.2) is 6.61 Å². The van der Waals surface area contributed by atoms with Crippen molar-refractivity contribution in [2.24, 2.45) is 0 Å². The Balaban J connectivity index is 1.73. The van der Waals surface area contributed by atoms with Crippen molar-refractivity contribution in [3.8, 4) is 5.75 Å². The SMILES string of the molecule is O=C1COc2ccc(NCc3ccc(F)cc3Cl)cc2N1. The van der Waals surface area contributed by atoms with Gasteiger partial charge in [0.25, 0.3) is 5.91 Å². The minimum Gasteiger partial charge on any atom is -0.482 e. The quantitative estimate of drug-likeness (QED) is 0.913. The predicted octanol–water partition coefficient (Wildman–Crippen LogP) is 3.42. The number of anilines is 2. The Morgan fingerprint density at radius 2 is 2.14 bits per heavy atom. The van der Waals surface area contributed by atoms with Crippen molar-refractivity contribution >= 4 is 28.9 Å². The second-order valence-electron chi connectivity index (χ2n) is 4.64. The number of hydrogen-bond donors (Lipinski definition) is 2. The van der Waals surface area contributed by atoms with Crippen molar-refractivity contribution in [2.45, 2.75) is 6.54 Å². The number of halogens is 2. The molecule has 2 aromatic rings. The summed E-state index contributed by atoms with van der Waals surface area (Å²) in [5.74, 6) is 0.0959. The second-order valence-corrected chi connectivity index (χ2v) is 5.04. The molecule has 0 aromatic heterocycles. The zero-order valence-electron chi connectivity index (χ0n) is 11.0. The Kier molecular flexibility index (Phi) is 3.66. The molecule has 1 amide bonds. The highest BCUT2D eigenvalue weighted by Crippen LogP contribution is 2.30. The van der Waals surface area contributed by atoms with Gasteiger partial charge in [-0.05, 0) is 35.9 Å². The van der Waals surface area contributed by atoms with Crippen LogP contribution in [0.15, 0.2) is 36.4 Å². The molecular weight excluding hydrogens is 295 g/mol. The van der Waals surface area contributed by atoms with Gasteiger partial charge in [-0.3, -0.25) is 4.79 Å². The molecule has 6 heteroatoms. The number of hydrogen-bond acceptors (Lipinski definition) is 3. The molecule has 0 bridgehead atoms. The van der Waals surface area contributed by atoms with Crippen LogP contribution in [0.25, 0.3) is 0 Å². The molecule has 3 rings (SSSR count). The van der Waals surface area contributed by atoms with E-state index in [0.717, 1.165) is 11.3 Å². The number of carbonyl (C=O) groups is 1. The zero-order valence-corrected chi connectivity index (χ0v) is 11.7. The molecular formula is C15H12ClFN2O2. The maximum atomic E-state index is 13.0. The van der Waals surface area contributed by atoms with E-state index in [1.54, 1.807) is 18.2 Å². The lowest BCUT2D eigenvalue weighted by atomic mass is 10.2. The summed E-state index contributed by atoms with van der Waals surface area (Å²) in [5.41, 5.74) is 2.22. The number of nitrogens with one attached hydrogen (secondary N) is 2. The van der Waals surface area contributed by atoms with E-state index < -0.39 is 0 Å². The van der Waals surface area contributed by atoms with E-state index >= 15 is 0 Å². The van der Waals surface area contributed by atoms with Crippen molar-refractivity contribution in [3.63, 3.8) is 0 Å². The van der Waals surface area contributed by atoms with Gasteiger partial charge in [-0.25, -0.2) is 4.39 Å². The van der Waals surface area contributed by atoms with Crippen LogP contribution in [0.2, 0.25) is 5.02 Å². The van der Waals surface area contributed by atoms with E-state index in [9.17, 15) is 9.18 Å². The molecule has 108 valence electrons. The first-order chi connectivity index (χ1) is 10.1. The Morgan fingerprint density at radius 1 is 1.29 bits per heavy atom. The smallest absolute Gasteiger partial charge is 0.262 e. The molecule has 0 atom stereocenters. The summed E-state index contributed by atoms with van der Waals surface area (Å²) < 4.78 is 18.3. The number of carbonyl (C=O) groups excluding carboxylic acids is 1. The fourth-order valence-corrected chi connectivity index (χ4v) is 2.29. The number of rotatable bonds is 3. The third-order valence-electron chi connectivity index (χ3n) is 3.11. The molecule has 1 heterocycles. The Bertz CT molecular complexity index is 706. The van der Waals surface area contributed by atoms with Gasteiger partial charge in [0.2, 0.25) is 0 Å². The highest BCUT2D eigenvalue weighted by Gasteiger charge is 2.15. The van der Waals surface area contributed by atoms with Crippen LogP contribution in [0.1, 0.15) is 5.56 Å². The monoisotopic (exact) mass is 306 g/mol. The van der Waals surface area contributed by atoms with Gasteiger partial charge in [-0.1, -0.05) is 17.7 Å². The van der Waals surface area contributed by atoms with Gasteiger partial charge >= 0.3 is 0 Å². The van der Waals surface area contributed by atoms with Crippen LogP contribution in [0.5, 0.6) is 5.75 Å². The van der Waals surface area contributed by atoms with Gasteiger partial charge in [0.05, 0.1) is 5.69 Å². The van der Waals surface area contributed by atoms with E-state index in [1.807, 2.05) is 6.07 Å². The molecule has 1 aliphatic rings. The fraction of sp³-hybridized carbons (Fsp3) is 0.133. The van der Waals surface area contributed by atoms with E-state index in [4.69, 9.17) is 16.3 Å². The summed E-state index contributed by atoms with van der Waals surface area (Å²) in [6.07, 6.45) is 0. The Hall–Kier alpha value is -2.27. The van der Waals surface area contributed by atoms with Gasteiger partial charge in [-0.15, -0.1) is 0 Å². The Morgan fingerprint density at radius 3 is 2.95 bits per heavy atom. The van der Waals surface area contributed by atoms with Crippen LogP contribution < -0.4 is 15.4 Å². The normalized spacial score (nSPS) is 13.1. The first kappa shape index (κ1) is 13.7. The standard InChI is InChI=1S/C15H12ClFN2O2/c16-12-5-10(17)2-1-9(12)7-18-11-3-4-14-13(6-11)19-15(20)8-21-14/h1-6,18H,7-8H2,(H,19,20). The van der Waals surface area contributed by atoms with Crippen molar-refractivity contribution in [2.75, 3.05) is 17.2 Å². The number of ether oxygens (including phenoxy) is 1. The summed E-state index contributed by atoms with van der Waals surface area (Å²) in [4.78, 5) is 11.3. The van der Waals surface area contributed by atoms with Crippen LogP contribution in [0, 0.1) is 5.82 Å². The molecule has 2 N–H and O–H groups in total. The maximum Gasteiger partial charge on any atom is 0.262 e. The average Bonchev–Trinajstić information content (AvgIpc) is 2.46. The van der Waals surface area contributed by atoms with Gasteiger partial charge < -0.3 is 15.4 Å². The lowest BCUT2D eigenvalue weighted by Gasteiger charge is -2.19. The van der Waals surface area contributed by atoms with Crippen molar-refractivity contribution in [1.82, 2.24) is 0 Å². The maximum absolute atomic E-state index is 13.0. The Labute approximate surface area is 125 Å². The molecule has 21 heavy (non-hydrogen) atoms. The van der Waals surface area contributed by atoms with E-state index in [0.29, 0.717) is 23.0 Å². The molecule has 2 aromatic carbocycles. The van der Waals surface area contributed by atoms with E-state index in [1.165, 1.54) is 12.1 Å². The first-order valence-electron chi connectivity index (χ1n) is 6.36. The predicted molar refractivity (Wildman–Crippen MR) is 79.3 cm³/mol. The summed E-state index contributed by atoms with van der Waals surface area (Å²) in [7, 11) is 0. The molecule has 0 spiro atoms. The minimum atomic E-state index is -0.364. The molecule has 0 fully saturated rings. The highest BCUT2D eigenvalue weighted by atomic mass is 35.5. The zero-order chi connectivity index (χ0) is 14.8. The largest absolute Gasteiger partial charge is 0.482 e. The third-order valence-corrected chi connectivity index (χ3v) is 3.46. The molecule has 0 radical (unpaired) electrons. The fourth-order valence-electron chi connectivity index (χ4n) is 2.06. The number of amides is 1. The molecule has 4 nitrogen and oxygen atoms in total. The second kappa shape index (κ2) is 5.61. The van der Waals surface area contributed by atoms with Crippen molar-refractivity contribution < 1.29 is 13.9 Å². The summed E-state index contributed by atoms with van der Waals surface area (Å²) >= 11 is 5.97. The highest BCUT2D eigenvalue weighted by molar-refractivity contribution is 6.31. The minimum absolute atomic E-state index is 0.0327. The molecule has 0 saturated carbocycles. The van der Waals surface area contributed by atoms with Crippen LogP contribution in [-0.2, 0) is 11.3 Å². The van der Waals surface area contributed by atoms with Gasteiger partial charge in [-0.2, -0.15) is 0 Å². The van der Waals surface area contributed by atoms with Crippen LogP contribution in [0.3, 0.4) is 0 Å². The molecule has 0 aliphatic carbocycles. The summed E-state index contributed by atoms with van der Waals surface area (Å²) in [5, 5.41) is 6.28.